The summed E-state index contributed by atoms with van der Waals surface area (Å²) < 4.78 is 5.54. The lowest BCUT2D eigenvalue weighted by atomic mass is 10.0. The molecule has 1 fully saturated rings. The highest BCUT2D eigenvalue weighted by Gasteiger charge is 2.41. The number of hydrogen-bond acceptors (Lipinski definition) is 5. The van der Waals surface area contributed by atoms with Crippen molar-refractivity contribution in [1.29, 1.82) is 0 Å². The molecule has 0 unspecified atom stereocenters. The summed E-state index contributed by atoms with van der Waals surface area (Å²) in [5.74, 6) is 0.227. The van der Waals surface area contributed by atoms with Crippen molar-refractivity contribution in [1.82, 2.24) is 9.80 Å². The molecule has 2 aromatic carbocycles. The Morgan fingerprint density at radius 2 is 1.61 bits per heavy atom. The molecule has 0 radical (unpaired) electrons. The summed E-state index contributed by atoms with van der Waals surface area (Å²) in [6, 6.07) is 13.8. The number of ether oxygens (including phenoxy) is 1. The second-order valence-electron chi connectivity index (χ2n) is 8.38. The van der Waals surface area contributed by atoms with Crippen LogP contribution in [0.25, 0.3) is 5.57 Å². The predicted octanol–water partition coefficient (Wildman–Crippen LogP) is 3.79. The summed E-state index contributed by atoms with van der Waals surface area (Å²) in [4.78, 5) is 32.3. The zero-order valence-corrected chi connectivity index (χ0v) is 19.6. The molecule has 0 aromatic heterocycles. The van der Waals surface area contributed by atoms with Crippen LogP contribution in [0.5, 0.6) is 5.75 Å². The van der Waals surface area contributed by atoms with Crippen LogP contribution in [0.2, 0.25) is 0 Å². The Balaban J connectivity index is 1.63. The first-order chi connectivity index (χ1) is 16.0. The lowest BCUT2D eigenvalue weighted by Gasteiger charge is -2.38. The molecule has 4 rings (SSSR count). The van der Waals surface area contributed by atoms with E-state index in [-0.39, 0.29) is 18.4 Å². The monoisotopic (exact) mass is 445 g/mol. The van der Waals surface area contributed by atoms with Gasteiger partial charge < -0.3 is 14.5 Å². The van der Waals surface area contributed by atoms with Crippen LogP contribution in [0.1, 0.15) is 23.6 Å². The second-order valence-corrected chi connectivity index (χ2v) is 8.38. The van der Waals surface area contributed by atoms with Crippen molar-refractivity contribution in [2.24, 2.45) is 0 Å². The van der Waals surface area contributed by atoms with Crippen LogP contribution in [-0.4, -0.2) is 60.9 Å². The molecule has 2 aliphatic rings. The topological polar surface area (TPSA) is 53.1 Å². The standard InChI is InChI=1S/C27H31N3O3/c1-5-14-30-26(31)24(21-10-12-22(13-11-21)33-6-2)25(27(30)32)29-17-15-28(16-18-29)23-9-7-8-19(3)20(23)4/h5,7-13H,1,6,14-18H2,2-4H3. The van der Waals surface area contributed by atoms with E-state index >= 15 is 0 Å². The number of nitrogens with zero attached hydrogens (tertiary/aromatic N) is 3. The Bertz CT molecular complexity index is 1100. The average Bonchev–Trinajstić information content (AvgIpc) is 3.07. The van der Waals surface area contributed by atoms with Gasteiger partial charge in [0, 0.05) is 38.4 Å². The molecule has 0 bridgehead atoms. The van der Waals surface area contributed by atoms with Crippen molar-refractivity contribution in [3.8, 4) is 5.75 Å². The van der Waals surface area contributed by atoms with Gasteiger partial charge in [0.05, 0.1) is 12.2 Å². The molecule has 2 aliphatic heterocycles. The highest BCUT2D eigenvalue weighted by molar-refractivity contribution is 6.35. The molecular formula is C27H31N3O3. The van der Waals surface area contributed by atoms with E-state index in [1.165, 1.54) is 21.7 Å². The number of piperazine rings is 1. The fourth-order valence-electron chi connectivity index (χ4n) is 4.55. The third-order valence-corrected chi connectivity index (χ3v) is 6.42. The van der Waals surface area contributed by atoms with E-state index in [4.69, 9.17) is 4.74 Å². The quantitative estimate of drug-likeness (QED) is 0.480. The van der Waals surface area contributed by atoms with Crippen LogP contribution in [0.4, 0.5) is 5.69 Å². The van der Waals surface area contributed by atoms with Gasteiger partial charge in [-0.3, -0.25) is 14.5 Å². The molecule has 0 N–H and O–H groups in total. The third-order valence-electron chi connectivity index (χ3n) is 6.42. The number of anilines is 1. The minimum absolute atomic E-state index is 0.199. The van der Waals surface area contributed by atoms with Gasteiger partial charge in [-0.15, -0.1) is 6.58 Å². The smallest absolute Gasteiger partial charge is 0.278 e. The van der Waals surface area contributed by atoms with Crippen LogP contribution < -0.4 is 9.64 Å². The molecular weight excluding hydrogens is 414 g/mol. The first kappa shape index (κ1) is 22.6. The van der Waals surface area contributed by atoms with Gasteiger partial charge in [0.1, 0.15) is 11.4 Å². The van der Waals surface area contributed by atoms with Gasteiger partial charge in [0.25, 0.3) is 11.8 Å². The number of imide groups is 1. The predicted molar refractivity (Wildman–Crippen MR) is 131 cm³/mol. The third kappa shape index (κ3) is 4.25. The minimum Gasteiger partial charge on any atom is -0.494 e. The number of hydrogen-bond donors (Lipinski definition) is 0. The van der Waals surface area contributed by atoms with Crippen molar-refractivity contribution >= 4 is 23.1 Å². The summed E-state index contributed by atoms with van der Waals surface area (Å²) in [6.45, 7) is 13.6. The SMILES string of the molecule is C=CCN1C(=O)C(c2ccc(OCC)cc2)=C(N2CCN(c3cccc(C)c3C)CC2)C1=O. The molecule has 172 valence electrons. The van der Waals surface area contributed by atoms with Gasteiger partial charge in [-0.2, -0.15) is 0 Å². The molecule has 33 heavy (non-hydrogen) atoms. The molecule has 6 heteroatoms. The fourth-order valence-corrected chi connectivity index (χ4v) is 4.55. The highest BCUT2D eigenvalue weighted by atomic mass is 16.5. The van der Waals surface area contributed by atoms with E-state index in [1.54, 1.807) is 6.08 Å². The van der Waals surface area contributed by atoms with Crippen LogP contribution >= 0.6 is 0 Å². The molecule has 0 spiro atoms. The highest BCUT2D eigenvalue weighted by Crippen LogP contribution is 2.34. The van der Waals surface area contributed by atoms with Crippen molar-refractivity contribution in [2.45, 2.75) is 20.8 Å². The van der Waals surface area contributed by atoms with E-state index in [9.17, 15) is 9.59 Å². The maximum Gasteiger partial charge on any atom is 0.278 e. The van der Waals surface area contributed by atoms with E-state index in [1.807, 2.05) is 31.2 Å². The van der Waals surface area contributed by atoms with Crippen molar-refractivity contribution in [3.05, 3.63) is 77.5 Å². The molecule has 2 aromatic rings. The summed E-state index contributed by atoms with van der Waals surface area (Å²) >= 11 is 0. The maximum absolute atomic E-state index is 13.3. The Morgan fingerprint density at radius 3 is 2.24 bits per heavy atom. The van der Waals surface area contributed by atoms with Gasteiger partial charge in [0.2, 0.25) is 0 Å². The zero-order valence-electron chi connectivity index (χ0n) is 19.6. The Hall–Kier alpha value is -3.54. The van der Waals surface area contributed by atoms with E-state index in [2.05, 4.69) is 48.4 Å². The summed E-state index contributed by atoms with van der Waals surface area (Å²) in [7, 11) is 0. The normalized spacial score (nSPS) is 16.6. The largest absolute Gasteiger partial charge is 0.494 e. The van der Waals surface area contributed by atoms with Gasteiger partial charge in [-0.1, -0.05) is 30.3 Å². The number of rotatable bonds is 7. The molecule has 0 aliphatic carbocycles. The Kier molecular flexibility index (Phi) is 6.54. The first-order valence-corrected chi connectivity index (χ1v) is 11.5. The Morgan fingerprint density at radius 1 is 0.939 bits per heavy atom. The molecule has 2 heterocycles. The molecule has 0 atom stereocenters. The first-order valence-electron chi connectivity index (χ1n) is 11.5. The number of carbonyl (C=O) groups excluding carboxylic acids is 2. The number of benzene rings is 2. The lowest BCUT2D eigenvalue weighted by molar-refractivity contribution is -0.136. The lowest BCUT2D eigenvalue weighted by Crippen LogP contribution is -2.47. The van der Waals surface area contributed by atoms with Crippen molar-refractivity contribution in [3.63, 3.8) is 0 Å². The van der Waals surface area contributed by atoms with E-state index < -0.39 is 0 Å². The average molecular weight is 446 g/mol. The summed E-state index contributed by atoms with van der Waals surface area (Å²) in [6.07, 6.45) is 1.59. The summed E-state index contributed by atoms with van der Waals surface area (Å²) in [5.41, 5.74) is 5.47. The number of amides is 2. The molecule has 1 saturated heterocycles. The molecule has 2 amide bonds. The zero-order chi connectivity index (χ0) is 23.5. The molecule has 0 saturated carbocycles. The molecule has 6 nitrogen and oxygen atoms in total. The number of carbonyl (C=O) groups is 2. The second kappa shape index (κ2) is 9.53. The van der Waals surface area contributed by atoms with E-state index in [0.29, 0.717) is 31.0 Å². The minimum atomic E-state index is -0.268. The van der Waals surface area contributed by atoms with Crippen LogP contribution in [0.3, 0.4) is 0 Å². The fraction of sp³-hybridized carbons (Fsp3) is 0.333. The van der Waals surface area contributed by atoms with Crippen LogP contribution in [0, 0.1) is 13.8 Å². The maximum atomic E-state index is 13.3. The van der Waals surface area contributed by atoms with Crippen LogP contribution in [0.15, 0.2) is 60.8 Å². The summed E-state index contributed by atoms with van der Waals surface area (Å²) in [5, 5.41) is 0. The van der Waals surface area contributed by atoms with Crippen molar-refractivity contribution in [2.75, 3.05) is 44.2 Å². The van der Waals surface area contributed by atoms with Gasteiger partial charge in [-0.05, 0) is 55.7 Å². The van der Waals surface area contributed by atoms with Gasteiger partial charge in [0.15, 0.2) is 0 Å². The van der Waals surface area contributed by atoms with Crippen molar-refractivity contribution < 1.29 is 14.3 Å². The number of aryl methyl sites for hydroxylation is 1. The van der Waals surface area contributed by atoms with Gasteiger partial charge >= 0.3 is 0 Å². The Labute approximate surface area is 195 Å². The van der Waals surface area contributed by atoms with Crippen LogP contribution in [-0.2, 0) is 9.59 Å². The van der Waals surface area contributed by atoms with Gasteiger partial charge in [-0.25, -0.2) is 0 Å². The van der Waals surface area contributed by atoms with E-state index in [0.717, 1.165) is 24.4 Å².